The molecule has 2 unspecified atom stereocenters. The Labute approximate surface area is 351 Å². The lowest BCUT2D eigenvalue weighted by Crippen LogP contribution is -2.58. The lowest BCUT2D eigenvalue weighted by molar-refractivity contribution is -0.295. The van der Waals surface area contributed by atoms with Crippen LogP contribution in [0.3, 0.4) is 0 Å². The third-order valence-electron chi connectivity index (χ3n) is 12.3. The van der Waals surface area contributed by atoms with Gasteiger partial charge in [-0.1, -0.05) is 219 Å². The van der Waals surface area contributed by atoms with Gasteiger partial charge in [0.05, 0.1) is 24.9 Å². The number of unbranched alkanes of at least 4 members (excludes halogenated alkanes) is 31. The molecule has 1 saturated heterocycles. The second kappa shape index (κ2) is 38.1. The summed E-state index contributed by atoms with van der Waals surface area (Å²) < 4.78 is 11.3. The van der Waals surface area contributed by atoms with Gasteiger partial charge in [0, 0.05) is 6.42 Å². The summed E-state index contributed by atoms with van der Waals surface area (Å²) in [4.78, 5) is 13.0. The van der Waals surface area contributed by atoms with E-state index in [9.17, 15) is 30.3 Å². The third-order valence-corrected chi connectivity index (χ3v) is 12.3. The maximum atomic E-state index is 13.0. The molecule has 6 N–H and O–H groups in total. The van der Waals surface area contributed by atoms with Crippen molar-refractivity contribution in [1.29, 1.82) is 0 Å². The number of hydrogen-bond donors (Lipinski definition) is 6. The summed E-state index contributed by atoms with van der Waals surface area (Å²) in [5.41, 5.74) is 0. The first kappa shape index (κ1) is 54.2. The van der Waals surface area contributed by atoms with Crippen LogP contribution >= 0.6 is 0 Å². The summed E-state index contributed by atoms with van der Waals surface area (Å²) in [6.07, 6.45) is 34.2. The second-order valence-electron chi connectivity index (χ2n) is 17.7. The molecule has 0 spiro atoms. The highest BCUT2D eigenvalue weighted by Crippen LogP contribution is 2.23. The molecule has 1 aliphatic heterocycles. The number of carbonyl (C=O) groups is 1. The van der Waals surface area contributed by atoms with Gasteiger partial charge in [-0.25, -0.2) is 0 Å². The maximum Gasteiger partial charge on any atom is 0.220 e. The highest BCUT2D eigenvalue weighted by Gasteiger charge is 2.43. The van der Waals surface area contributed by atoms with Gasteiger partial charge in [-0.3, -0.25) is 4.79 Å². The molecule has 0 aromatic rings. The zero-order valence-electron chi connectivity index (χ0n) is 37.5. The van der Waals surface area contributed by atoms with Crippen molar-refractivity contribution in [1.82, 2.24) is 5.32 Å². The van der Waals surface area contributed by atoms with Gasteiger partial charge >= 0.3 is 0 Å². The molecule has 340 valence electrons. The van der Waals surface area contributed by atoms with Crippen LogP contribution in [-0.2, 0) is 14.3 Å². The lowest BCUT2D eigenvalue weighted by atomic mass is 9.98. The Bertz CT molecular complexity index is 879. The van der Waals surface area contributed by atoms with Crippen LogP contribution in [0, 0.1) is 0 Å². The summed E-state index contributed by atoms with van der Waals surface area (Å²) in [6.45, 7) is 5.88. The second-order valence-corrected chi connectivity index (χ2v) is 17.7. The zero-order chi connectivity index (χ0) is 41.8. The number of aliphatic hydroxyl groups is 5. The highest BCUT2D eigenvalue weighted by atomic mass is 16.7. The number of nitrogens with one attached hydrogen (secondary N) is 1. The molecule has 9 heteroatoms. The Morgan fingerprint density at radius 1 is 0.526 bits per heavy atom. The standard InChI is InChI=1S/C48H95NO8/c1-4-6-8-10-12-14-16-18-19-20-21-22-23-24-25-26-28-30-32-34-36-38-43(51)49-41(39-56-48-47(55)46(54)44(52)40(3)57-48)45(53)42(50)37-35-33-31-29-27-17-15-13-11-9-7-5-2/h40-42,44-48,50,52-55H,4-39H2,1-3H3,(H,49,51)/t40?,41-,42+,44+,45-,46?,47-,48+/m0/s1. The Morgan fingerprint density at radius 2 is 0.877 bits per heavy atom. The fraction of sp³-hybridized carbons (Fsp3) is 0.979. The molecule has 0 radical (unpaired) electrons. The summed E-state index contributed by atoms with van der Waals surface area (Å²) in [5.74, 6) is -0.216. The average Bonchev–Trinajstić information content (AvgIpc) is 3.20. The van der Waals surface area contributed by atoms with Crippen molar-refractivity contribution < 1.29 is 39.8 Å². The molecular formula is C48H95NO8. The van der Waals surface area contributed by atoms with Crippen LogP contribution < -0.4 is 5.32 Å². The fourth-order valence-corrected chi connectivity index (χ4v) is 8.21. The molecule has 0 bridgehead atoms. The fourth-order valence-electron chi connectivity index (χ4n) is 8.21. The van der Waals surface area contributed by atoms with Gasteiger partial charge in [-0.15, -0.1) is 0 Å². The monoisotopic (exact) mass is 814 g/mol. The van der Waals surface area contributed by atoms with Crippen molar-refractivity contribution in [2.75, 3.05) is 6.61 Å². The van der Waals surface area contributed by atoms with E-state index in [2.05, 4.69) is 19.2 Å². The van der Waals surface area contributed by atoms with E-state index < -0.39 is 49.0 Å². The third kappa shape index (κ3) is 29.1. The van der Waals surface area contributed by atoms with Crippen LogP contribution in [0.4, 0.5) is 0 Å². The summed E-state index contributed by atoms with van der Waals surface area (Å²) in [6, 6.07) is -0.921. The van der Waals surface area contributed by atoms with Crippen molar-refractivity contribution in [2.45, 2.75) is 294 Å². The first-order chi connectivity index (χ1) is 27.7. The molecule has 0 aromatic heterocycles. The first-order valence-electron chi connectivity index (χ1n) is 24.7. The predicted octanol–water partition coefficient (Wildman–Crippen LogP) is 10.7. The number of carbonyl (C=O) groups excluding carboxylic acids is 1. The van der Waals surface area contributed by atoms with E-state index in [-0.39, 0.29) is 12.5 Å². The number of amides is 1. The Hall–Kier alpha value is -0.810. The summed E-state index contributed by atoms with van der Waals surface area (Å²) >= 11 is 0. The lowest BCUT2D eigenvalue weighted by Gasteiger charge is -2.39. The molecular weight excluding hydrogens is 719 g/mol. The van der Waals surface area contributed by atoms with Crippen molar-refractivity contribution in [3.63, 3.8) is 0 Å². The molecule has 1 rings (SSSR count). The minimum absolute atomic E-state index is 0.216. The minimum Gasteiger partial charge on any atom is -0.390 e. The van der Waals surface area contributed by atoms with Crippen molar-refractivity contribution in [2.24, 2.45) is 0 Å². The van der Waals surface area contributed by atoms with Crippen molar-refractivity contribution in [3.8, 4) is 0 Å². The van der Waals surface area contributed by atoms with Crippen LogP contribution in [0.5, 0.6) is 0 Å². The van der Waals surface area contributed by atoms with E-state index in [1.807, 2.05) is 0 Å². The van der Waals surface area contributed by atoms with E-state index >= 15 is 0 Å². The van der Waals surface area contributed by atoms with Gasteiger partial charge in [0.15, 0.2) is 6.29 Å². The normalized spacial score (nSPS) is 21.4. The Morgan fingerprint density at radius 3 is 1.26 bits per heavy atom. The first-order valence-corrected chi connectivity index (χ1v) is 24.7. The van der Waals surface area contributed by atoms with Crippen LogP contribution in [-0.4, -0.2) is 87.0 Å². The van der Waals surface area contributed by atoms with Gasteiger partial charge < -0.3 is 40.3 Å². The van der Waals surface area contributed by atoms with E-state index in [4.69, 9.17) is 9.47 Å². The Balaban J connectivity index is 2.26. The van der Waals surface area contributed by atoms with Crippen molar-refractivity contribution >= 4 is 5.91 Å². The molecule has 1 fully saturated rings. The highest BCUT2D eigenvalue weighted by molar-refractivity contribution is 5.76. The topological polar surface area (TPSA) is 149 Å². The van der Waals surface area contributed by atoms with Crippen LogP contribution in [0.2, 0.25) is 0 Å². The molecule has 0 aliphatic carbocycles. The number of ether oxygens (including phenoxy) is 2. The molecule has 9 nitrogen and oxygen atoms in total. The molecule has 1 amide bonds. The van der Waals surface area contributed by atoms with Crippen LogP contribution in [0.1, 0.15) is 245 Å². The van der Waals surface area contributed by atoms with Gasteiger partial charge in [0.1, 0.15) is 24.4 Å². The van der Waals surface area contributed by atoms with E-state index in [1.54, 1.807) is 6.92 Å². The molecule has 0 saturated carbocycles. The number of aliphatic hydroxyl groups excluding tert-OH is 5. The van der Waals surface area contributed by atoms with Crippen LogP contribution in [0.15, 0.2) is 0 Å². The number of hydrogen-bond acceptors (Lipinski definition) is 8. The van der Waals surface area contributed by atoms with E-state index in [0.717, 1.165) is 38.5 Å². The number of rotatable bonds is 41. The molecule has 0 aromatic carbocycles. The molecule has 57 heavy (non-hydrogen) atoms. The van der Waals surface area contributed by atoms with E-state index in [0.29, 0.717) is 12.8 Å². The summed E-state index contributed by atoms with van der Waals surface area (Å²) in [7, 11) is 0. The minimum atomic E-state index is -1.49. The summed E-state index contributed by atoms with van der Waals surface area (Å²) in [5, 5.41) is 55.6. The Kier molecular flexibility index (Phi) is 36.3. The van der Waals surface area contributed by atoms with Gasteiger partial charge in [0.25, 0.3) is 0 Å². The molecule has 1 heterocycles. The van der Waals surface area contributed by atoms with Crippen LogP contribution in [0.25, 0.3) is 0 Å². The van der Waals surface area contributed by atoms with Gasteiger partial charge in [0.2, 0.25) is 5.91 Å². The smallest absolute Gasteiger partial charge is 0.220 e. The average molecular weight is 814 g/mol. The van der Waals surface area contributed by atoms with E-state index in [1.165, 1.54) is 173 Å². The van der Waals surface area contributed by atoms with Gasteiger partial charge in [-0.2, -0.15) is 0 Å². The zero-order valence-corrected chi connectivity index (χ0v) is 37.5. The van der Waals surface area contributed by atoms with Crippen molar-refractivity contribution in [3.05, 3.63) is 0 Å². The maximum absolute atomic E-state index is 13.0. The molecule has 1 aliphatic rings. The SMILES string of the molecule is CCCCCCCCCCCCCCCCCCCCCCCC(=O)N[C@@H](CO[C@@H]1OC(C)[C@@H](O)C(O)[C@@H]1O)[C@H](O)[C@H](O)CCCCCCCCCCCCCC. The van der Waals surface area contributed by atoms with Gasteiger partial charge in [-0.05, 0) is 19.8 Å². The molecule has 8 atom stereocenters. The predicted molar refractivity (Wildman–Crippen MR) is 235 cm³/mol. The quantitative estimate of drug-likeness (QED) is 0.0334. The largest absolute Gasteiger partial charge is 0.390 e.